The van der Waals surface area contributed by atoms with Gasteiger partial charge < -0.3 is 15.0 Å². The number of nitro benzene ring substituents is 1. The van der Waals surface area contributed by atoms with E-state index in [0.29, 0.717) is 41.9 Å². The Labute approximate surface area is 175 Å². The second kappa shape index (κ2) is 9.44. The van der Waals surface area contributed by atoms with Gasteiger partial charge in [-0.1, -0.05) is 24.3 Å². The lowest BCUT2D eigenvalue weighted by atomic mass is 10.1. The van der Waals surface area contributed by atoms with Crippen molar-refractivity contribution in [1.29, 1.82) is 0 Å². The Kier molecular flexibility index (Phi) is 6.73. The third kappa shape index (κ3) is 5.27. The third-order valence-electron chi connectivity index (χ3n) is 4.29. The van der Waals surface area contributed by atoms with Crippen LogP contribution in [-0.2, 0) is 9.53 Å². The number of hydrogen-bond donors (Lipinski definition) is 1. The number of rotatable bonds is 5. The molecule has 2 amide bonds. The molecule has 0 atom stereocenters. The molecule has 1 aliphatic rings. The maximum atomic E-state index is 13.0. The summed E-state index contributed by atoms with van der Waals surface area (Å²) in [4.78, 5) is 37.9. The lowest BCUT2D eigenvalue weighted by molar-refractivity contribution is -0.384. The zero-order valence-corrected chi connectivity index (χ0v) is 16.9. The van der Waals surface area contributed by atoms with Gasteiger partial charge in [0.25, 0.3) is 17.5 Å². The van der Waals surface area contributed by atoms with Crippen molar-refractivity contribution in [3.05, 3.63) is 79.9 Å². The van der Waals surface area contributed by atoms with Crippen LogP contribution in [0.2, 0.25) is 0 Å². The van der Waals surface area contributed by atoms with Crippen molar-refractivity contribution in [3.63, 3.8) is 0 Å². The smallest absolute Gasteiger partial charge is 0.270 e. The van der Waals surface area contributed by atoms with Gasteiger partial charge in [-0.25, -0.2) is 0 Å². The fourth-order valence-electron chi connectivity index (χ4n) is 2.82. The quantitative estimate of drug-likeness (QED) is 0.420. The molecule has 0 radical (unpaired) electrons. The summed E-state index contributed by atoms with van der Waals surface area (Å²) in [5.74, 6) is -0.837. The van der Waals surface area contributed by atoms with E-state index in [0.717, 1.165) is 0 Å². The number of carbonyl (C=O) groups excluding carboxylic acids is 2. The van der Waals surface area contributed by atoms with E-state index in [-0.39, 0.29) is 17.3 Å². The molecule has 0 aliphatic carbocycles. The van der Waals surface area contributed by atoms with Crippen LogP contribution in [0.5, 0.6) is 0 Å². The molecule has 1 fully saturated rings. The zero-order chi connectivity index (χ0) is 20.8. The van der Waals surface area contributed by atoms with E-state index in [1.54, 1.807) is 35.2 Å². The maximum Gasteiger partial charge on any atom is 0.270 e. The Morgan fingerprint density at radius 3 is 2.55 bits per heavy atom. The first-order chi connectivity index (χ1) is 14.0. The minimum atomic E-state index is -0.513. The number of morpholine rings is 1. The molecule has 0 saturated carbocycles. The molecule has 150 valence electrons. The first-order valence-electron chi connectivity index (χ1n) is 8.85. The lowest BCUT2D eigenvalue weighted by Crippen LogP contribution is -2.44. The van der Waals surface area contributed by atoms with Crippen LogP contribution in [0.25, 0.3) is 6.08 Å². The number of ether oxygens (including phenoxy) is 1. The first-order valence-corrected chi connectivity index (χ1v) is 9.64. The summed E-state index contributed by atoms with van der Waals surface area (Å²) in [5.41, 5.74) is 0.734. The van der Waals surface area contributed by atoms with E-state index in [1.807, 2.05) is 0 Å². The minimum absolute atomic E-state index is 0.0353. The third-order valence-corrected chi connectivity index (χ3v) is 4.98. The molecule has 29 heavy (non-hydrogen) atoms. The number of nitro groups is 1. The fraction of sp³-hybridized carbons (Fsp3) is 0.200. The van der Waals surface area contributed by atoms with Crippen LogP contribution >= 0.6 is 15.9 Å². The monoisotopic (exact) mass is 459 g/mol. The van der Waals surface area contributed by atoms with E-state index >= 15 is 0 Å². The van der Waals surface area contributed by atoms with Crippen molar-refractivity contribution >= 4 is 39.5 Å². The molecule has 0 aromatic heterocycles. The van der Waals surface area contributed by atoms with Crippen LogP contribution in [-0.4, -0.2) is 47.9 Å². The molecular weight excluding hydrogens is 442 g/mol. The summed E-state index contributed by atoms with van der Waals surface area (Å²) >= 11 is 3.33. The SMILES string of the molecule is O=C(NC(=Cc1cccc([N+](=O)[O-])c1)C(=O)N1CCOCC1)c1ccccc1Br. The minimum Gasteiger partial charge on any atom is -0.378 e. The summed E-state index contributed by atoms with van der Waals surface area (Å²) in [6.45, 7) is 1.62. The molecule has 2 aromatic rings. The number of amides is 2. The van der Waals surface area contributed by atoms with E-state index in [9.17, 15) is 19.7 Å². The Morgan fingerprint density at radius 1 is 1.14 bits per heavy atom. The van der Waals surface area contributed by atoms with E-state index in [4.69, 9.17) is 4.74 Å². The topological polar surface area (TPSA) is 102 Å². The molecule has 0 bridgehead atoms. The molecule has 3 rings (SSSR count). The van der Waals surface area contributed by atoms with Crippen molar-refractivity contribution < 1.29 is 19.2 Å². The second-order valence-corrected chi connectivity index (χ2v) is 7.10. The van der Waals surface area contributed by atoms with Crippen LogP contribution in [0, 0.1) is 10.1 Å². The standard InChI is InChI=1S/C20H18BrN3O5/c21-17-7-2-1-6-16(17)19(25)22-18(20(26)23-8-10-29-11-9-23)13-14-4-3-5-15(12-14)24(27)28/h1-7,12-13H,8-11H2,(H,22,25). The lowest BCUT2D eigenvalue weighted by Gasteiger charge is -2.28. The highest BCUT2D eigenvalue weighted by molar-refractivity contribution is 9.10. The van der Waals surface area contributed by atoms with Gasteiger partial charge in [-0.15, -0.1) is 0 Å². The molecule has 9 heteroatoms. The first kappa shape index (κ1) is 20.7. The van der Waals surface area contributed by atoms with Gasteiger partial charge in [-0.05, 0) is 39.7 Å². The van der Waals surface area contributed by atoms with Crippen molar-refractivity contribution in [2.75, 3.05) is 26.3 Å². The summed E-state index contributed by atoms with van der Waals surface area (Å²) in [6, 6.07) is 12.7. The van der Waals surface area contributed by atoms with Crippen LogP contribution in [0.3, 0.4) is 0 Å². The summed E-state index contributed by atoms with van der Waals surface area (Å²) in [6.07, 6.45) is 1.44. The van der Waals surface area contributed by atoms with E-state index < -0.39 is 10.8 Å². The predicted octanol–water partition coefficient (Wildman–Crippen LogP) is 2.99. The van der Waals surface area contributed by atoms with E-state index in [2.05, 4.69) is 21.2 Å². The van der Waals surface area contributed by atoms with Crippen molar-refractivity contribution in [3.8, 4) is 0 Å². The number of non-ortho nitro benzene ring substituents is 1. The summed E-state index contributed by atoms with van der Waals surface area (Å²) in [7, 11) is 0. The molecule has 1 aliphatic heterocycles. The number of nitrogens with zero attached hydrogens (tertiary/aromatic N) is 2. The molecule has 1 saturated heterocycles. The van der Waals surface area contributed by atoms with Gasteiger partial charge in [0.1, 0.15) is 5.70 Å². The molecular formula is C20H18BrN3O5. The largest absolute Gasteiger partial charge is 0.378 e. The maximum absolute atomic E-state index is 13.0. The number of halogens is 1. The summed E-state index contributed by atoms with van der Waals surface area (Å²) < 4.78 is 5.86. The van der Waals surface area contributed by atoms with Crippen molar-refractivity contribution in [2.24, 2.45) is 0 Å². The highest BCUT2D eigenvalue weighted by Gasteiger charge is 2.23. The van der Waals surface area contributed by atoms with Gasteiger partial charge >= 0.3 is 0 Å². The Balaban J connectivity index is 1.94. The molecule has 8 nitrogen and oxygen atoms in total. The normalized spacial score (nSPS) is 14.4. The predicted molar refractivity (Wildman–Crippen MR) is 110 cm³/mol. The highest BCUT2D eigenvalue weighted by Crippen LogP contribution is 2.19. The number of nitrogens with one attached hydrogen (secondary N) is 1. The molecule has 2 aromatic carbocycles. The Hall–Kier alpha value is -3.04. The van der Waals surface area contributed by atoms with Crippen molar-refractivity contribution in [1.82, 2.24) is 10.2 Å². The van der Waals surface area contributed by atoms with E-state index in [1.165, 1.54) is 24.3 Å². The Bertz CT molecular complexity index is 970. The molecule has 0 spiro atoms. The number of carbonyl (C=O) groups is 2. The van der Waals surface area contributed by atoms with Crippen LogP contribution in [0.4, 0.5) is 5.69 Å². The van der Waals surface area contributed by atoms with Gasteiger partial charge in [-0.3, -0.25) is 19.7 Å². The van der Waals surface area contributed by atoms with Gasteiger partial charge in [0, 0.05) is 29.7 Å². The Morgan fingerprint density at radius 2 is 1.86 bits per heavy atom. The molecule has 1 heterocycles. The number of benzene rings is 2. The highest BCUT2D eigenvalue weighted by atomic mass is 79.9. The van der Waals surface area contributed by atoms with Crippen LogP contribution in [0.1, 0.15) is 15.9 Å². The van der Waals surface area contributed by atoms with Crippen LogP contribution < -0.4 is 5.32 Å². The summed E-state index contributed by atoms with van der Waals surface area (Å²) in [5, 5.41) is 13.7. The second-order valence-electron chi connectivity index (χ2n) is 6.25. The van der Waals surface area contributed by atoms with Gasteiger partial charge in [-0.2, -0.15) is 0 Å². The van der Waals surface area contributed by atoms with Gasteiger partial charge in [0.15, 0.2) is 0 Å². The number of hydrogen-bond acceptors (Lipinski definition) is 5. The van der Waals surface area contributed by atoms with Gasteiger partial charge in [0.2, 0.25) is 0 Å². The van der Waals surface area contributed by atoms with Gasteiger partial charge in [0.05, 0.1) is 23.7 Å². The zero-order valence-electron chi connectivity index (χ0n) is 15.3. The van der Waals surface area contributed by atoms with Crippen molar-refractivity contribution in [2.45, 2.75) is 0 Å². The molecule has 1 N–H and O–H groups in total. The fourth-order valence-corrected chi connectivity index (χ4v) is 3.28. The molecule has 0 unspecified atom stereocenters. The average molecular weight is 460 g/mol. The van der Waals surface area contributed by atoms with Crippen LogP contribution in [0.15, 0.2) is 58.7 Å². The average Bonchev–Trinajstić information content (AvgIpc) is 2.73.